The van der Waals surface area contributed by atoms with Crippen molar-refractivity contribution in [3.8, 4) is 6.07 Å². The van der Waals surface area contributed by atoms with Crippen molar-refractivity contribution in [3.05, 3.63) is 35.1 Å². The third-order valence-corrected chi connectivity index (χ3v) is 2.80. The van der Waals surface area contributed by atoms with Crippen LogP contribution in [0.15, 0.2) is 18.2 Å². The van der Waals surface area contributed by atoms with Gasteiger partial charge in [-0.05, 0) is 29.5 Å². The lowest BCUT2D eigenvalue weighted by Crippen LogP contribution is -2.30. The molecule has 0 atom stereocenters. The first kappa shape index (κ1) is 15.7. The zero-order valence-corrected chi connectivity index (χ0v) is 12.3. The van der Waals surface area contributed by atoms with Gasteiger partial charge in [-0.2, -0.15) is 5.26 Å². The lowest BCUT2D eigenvalue weighted by molar-refractivity contribution is 0.211. The van der Waals surface area contributed by atoms with E-state index in [-0.39, 0.29) is 5.56 Å². The minimum absolute atomic E-state index is 0.131. The van der Waals surface area contributed by atoms with E-state index in [1.807, 2.05) is 6.07 Å². The van der Waals surface area contributed by atoms with Gasteiger partial charge in [-0.1, -0.05) is 33.8 Å². The standard InChI is InChI=1S/C16H23FN2/c1-12(2)9-19(10-13(3)4)11-14-5-6-16(17)15(7-14)8-18/h5-7,12-13H,9-11H2,1-4H3. The summed E-state index contributed by atoms with van der Waals surface area (Å²) in [7, 11) is 0. The van der Waals surface area contributed by atoms with Crippen LogP contribution in [0.25, 0.3) is 0 Å². The van der Waals surface area contributed by atoms with Crippen LogP contribution in [0, 0.1) is 29.0 Å². The quantitative estimate of drug-likeness (QED) is 0.779. The molecule has 0 bridgehead atoms. The number of nitrogens with zero attached hydrogens (tertiary/aromatic N) is 2. The summed E-state index contributed by atoms with van der Waals surface area (Å²) < 4.78 is 13.3. The molecule has 0 aliphatic rings. The molecule has 1 aromatic carbocycles. The van der Waals surface area contributed by atoms with E-state index in [2.05, 4.69) is 32.6 Å². The van der Waals surface area contributed by atoms with Crippen LogP contribution in [0.5, 0.6) is 0 Å². The summed E-state index contributed by atoms with van der Waals surface area (Å²) in [5.41, 5.74) is 1.13. The topological polar surface area (TPSA) is 27.0 Å². The van der Waals surface area contributed by atoms with Crippen LogP contribution < -0.4 is 0 Å². The number of hydrogen-bond donors (Lipinski definition) is 0. The van der Waals surface area contributed by atoms with Gasteiger partial charge in [0, 0.05) is 19.6 Å². The van der Waals surface area contributed by atoms with Gasteiger partial charge in [0.05, 0.1) is 5.56 Å². The number of hydrogen-bond acceptors (Lipinski definition) is 2. The first-order valence-corrected chi connectivity index (χ1v) is 6.83. The van der Waals surface area contributed by atoms with Gasteiger partial charge in [0.25, 0.3) is 0 Å². The highest BCUT2D eigenvalue weighted by Crippen LogP contribution is 2.14. The minimum Gasteiger partial charge on any atom is -0.299 e. The Balaban J connectivity index is 2.81. The van der Waals surface area contributed by atoms with Gasteiger partial charge in [-0.25, -0.2) is 4.39 Å². The second kappa shape index (κ2) is 7.25. The molecule has 0 radical (unpaired) electrons. The Morgan fingerprint density at radius 2 is 1.74 bits per heavy atom. The van der Waals surface area contributed by atoms with Gasteiger partial charge in [0.2, 0.25) is 0 Å². The Labute approximate surface area is 115 Å². The number of nitriles is 1. The van der Waals surface area contributed by atoms with Crippen molar-refractivity contribution in [2.45, 2.75) is 34.2 Å². The van der Waals surface area contributed by atoms with Crippen molar-refractivity contribution in [2.75, 3.05) is 13.1 Å². The van der Waals surface area contributed by atoms with Crippen LogP contribution in [-0.2, 0) is 6.54 Å². The molecule has 0 aromatic heterocycles. The predicted octanol–water partition coefficient (Wildman–Crippen LogP) is 3.81. The molecular formula is C16H23FN2. The largest absolute Gasteiger partial charge is 0.299 e. The first-order valence-electron chi connectivity index (χ1n) is 6.83. The molecule has 0 aliphatic heterocycles. The van der Waals surface area contributed by atoms with Crippen molar-refractivity contribution < 1.29 is 4.39 Å². The fourth-order valence-electron chi connectivity index (χ4n) is 2.25. The maximum Gasteiger partial charge on any atom is 0.140 e. The van der Waals surface area contributed by atoms with Crippen molar-refractivity contribution in [2.24, 2.45) is 11.8 Å². The number of benzene rings is 1. The molecule has 19 heavy (non-hydrogen) atoms. The molecule has 3 heteroatoms. The van der Waals surface area contributed by atoms with Crippen molar-refractivity contribution in [1.82, 2.24) is 4.90 Å². The third-order valence-electron chi connectivity index (χ3n) is 2.80. The Kier molecular flexibility index (Phi) is 5.98. The van der Waals surface area contributed by atoms with Gasteiger partial charge < -0.3 is 0 Å². The zero-order chi connectivity index (χ0) is 14.4. The van der Waals surface area contributed by atoms with E-state index >= 15 is 0 Å². The van der Waals surface area contributed by atoms with Crippen LogP contribution in [0.1, 0.15) is 38.8 Å². The third kappa shape index (κ3) is 5.40. The summed E-state index contributed by atoms with van der Waals surface area (Å²) in [6.07, 6.45) is 0. The molecule has 104 valence electrons. The number of rotatable bonds is 6. The maximum atomic E-state index is 13.3. The van der Waals surface area contributed by atoms with E-state index < -0.39 is 5.82 Å². The highest BCUT2D eigenvalue weighted by Gasteiger charge is 2.11. The summed E-state index contributed by atoms with van der Waals surface area (Å²) in [6, 6.07) is 6.71. The first-order chi connectivity index (χ1) is 8.92. The summed E-state index contributed by atoms with van der Waals surface area (Å²) in [5, 5.41) is 8.86. The van der Waals surface area contributed by atoms with E-state index in [1.165, 1.54) is 6.07 Å². The number of halogens is 1. The molecule has 0 heterocycles. The SMILES string of the molecule is CC(C)CN(Cc1ccc(F)c(C#N)c1)CC(C)C. The molecular weight excluding hydrogens is 239 g/mol. The monoisotopic (exact) mass is 262 g/mol. The van der Waals surface area contributed by atoms with Crippen LogP contribution in [0.4, 0.5) is 4.39 Å². The molecule has 0 spiro atoms. The molecule has 1 aromatic rings. The predicted molar refractivity (Wildman–Crippen MR) is 76.1 cm³/mol. The highest BCUT2D eigenvalue weighted by molar-refractivity contribution is 5.34. The Morgan fingerprint density at radius 1 is 1.16 bits per heavy atom. The van der Waals surface area contributed by atoms with Crippen molar-refractivity contribution in [1.29, 1.82) is 5.26 Å². The van der Waals surface area contributed by atoms with Gasteiger partial charge in [-0.3, -0.25) is 4.90 Å². The molecule has 0 saturated heterocycles. The fourth-order valence-corrected chi connectivity index (χ4v) is 2.25. The van der Waals surface area contributed by atoms with E-state index in [0.29, 0.717) is 11.8 Å². The lowest BCUT2D eigenvalue weighted by atomic mass is 10.1. The van der Waals surface area contributed by atoms with Gasteiger partial charge >= 0.3 is 0 Å². The van der Waals surface area contributed by atoms with E-state index in [9.17, 15) is 4.39 Å². The highest BCUT2D eigenvalue weighted by atomic mass is 19.1. The van der Waals surface area contributed by atoms with Gasteiger partial charge in [0.1, 0.15) is 11.9 Å². The average molecular weight is 262 g/mol. The normalized spacial score (nSPS) is 11.3. The minimum atomic E-state index is -0.439. The Bertz CT molecular complexity index is 437. The Hall–Kier alpha value is -1.40. The molecule has 0 unspecified atom stereocenters. The smallest absolute Gasteiger partial charge is 0.140 e. The molecule has 0 amide bonds. The molecule has 1 rings (SSSR count). The maximum absolute atomic E-state index is 13.3. The lowest BCUT2D eigenvalue weighted by Gasteiger charge is -2.26. The van der Waals surface area contributed by atoms with Gasteiger partial charge in [-0.15, -0.1) is 0 Å². The van der Waals surface area contributed by atoms with Crippen LogP contribution in [0.3, 0.4) is 0 Å². The summed E-state index contributed by atoms with van der Waals surface area (Å²) in [5.74, 6) is 0.745. The van der Waals surface area contributed by atoms with Gasteiger partial charge in [0.15, 0.2) is 0 Å². The van der Waals surface area contributed by atoms with Crippen molar-refractivity contribution >= 4 is 0 Å². The summed E-state index contributed by atoms with van der Waals surface area (Å²) >= 11 is 0. The fraction of sp³-hybridized carbons (Fsp3) is 0.562. The second-order valence-electron chi connectivity index (χ2n) is 5.91. The van der Waals surface area contributed by atoms with Crippen LogP contribution in [0.2, 0.25) is 0 Å². The van der Waals surface area contributed by atoms with E-state index in [4.69, 9.17) is 5.26 Å². The van der Waals surface area contributed by atoms with E-state index in [0.717, 1.165) is 25.2 Å². The van der Waals surface area contributed by atoms with Crippen LogP contribution >= 0.6 is 0 Å². The molecule has 2 nitrogen and oxygen atoms in total. The molecule has 0 N–H and O–H groups in total. The summed E-state index contributed by atoms with van der Waals surface area (Å²) in [6.45, 7) is 11.6. The molecule has 0 saturated carbocycles. The second-order valence-corrected chi connectivity index (χ2v) is 5.91. The van der Waals surface area contributed by atoms with Crippen molar-refractivity contribution in [3.63, 3.8) is 0 Å². The van der Waals surface area contributed by atoms with E-state index in [1.54, 1.807) is 12.1 Å². The average Bonchev–Trinajstić information content (AvgIpc) is 2.29. The Morgan fingerprint density at radius 3 is 2.21 bits per heavy atom. The zero-order valence-electron chi connectivity index (χ0n) is 12.3. The van der Waals surface area contributed by atoms with Crippen LogP contribution in [-0.4, -0.2) is 18.0 Å². The molecule has 0 aliphatic carbocycles. The molecule has 0 fully saturated rings. The summed E-state index contributed by atoms with van der Waals surface area (Å²) in [4.78, 5) is 2.36.